The molecule has 0 bridgehead atoms. The highest BCUT2D eigenvalue weighted by Crippen LogP contribution is 2.30. The van der Waals surface area contributed by atoms with Crippen LogP contribution in [0.5, 0.6) is 0 Å². The number of nitrogens with one attached hydrogen (secondary N) is 1. The van der Waals surface area contributed by atoms with Crippen molar-refractivity contribution in [3.05, 3.63) is 29.6 Å². The van der Waals surface area contributed by atoms with Gasteiger partial charge in [-0.3, -0.25) is 0 Å². The van der Waals surface area contributed by atoms with Crippen LogP contribution in [-0.4, -0.2) is 6.54 Å². The molecule has 12 heavy (non-hydrogen) atoms. The molecule has 0 spiro atoms. The molecule has 1 aliphatic heterocycles. The van der Waals surface area contributed by atoms with Gasteiger partial charge in [0.05, 0.1) is 12.0 Å². The van der Waals surface area contributed by atoms with E-state index in [1.165, 1.54) is 12.1 Å². The molecule has 1 heterocycles. The summed E-state index contributed by atoms with van der Waals surface area (Å²) in [6.07, 6.45) is 0. The first-order valence-electron chi connectivity index (χ1n) is 3.74. The molecule has 1 N–H and O–H groups in total. The Labute approximate surface area is 69.6 Å². The zero-order chi connectivity index (χ0) is 8.55. The molecule has 1 unspecified atom stereocenters. The maximum atomic E-state index is 12.7. The molecule has 1 aromatic carbocycles. The van der Waals surface area contributed by atoms with E-state index < -0.39 is 0 Å². The van der Waals surface area contributed by atoms with Crippen LogP contribution in [0.4, 0.5) is 10.1 Å². The van der Waals surface area contributed by atoms with E-state index in [4.69, 9.17) is 5.26 Å². The summed E-state index contributed by atoms with van der Waals surface area (Å²) in [5.41, 5.74) is 1.65. The normalized spacial score (nSPS) is 19.5. The Bertz CT molecular complexity index is 354. The Morgan fingerprint density at radius 2 is 2.42 bits per heavy atom. The number of fused-ring (bicyclic) bond motifs is 1. The molecule has 0 radical (unpaired) electrons. The van der Waals surface area contributed by atoms with E-state index in [-0.39, 0.29) is 11.7 Å². The van der Waals surface area contributed by atoms with Crippen molar-refractivity contribution >= 4 is 5.69 Å². The molecule has 60 valence electrons. The lowest BCUT2D eigenvalue weighted by molar-refractivity contribution is 0.628. The topological polar surface area (TPSA) is 35.8 Å². The van der Waals surface area contributed by atoms with Crippen molar-refractivity contribution in [1.82, 2.24) is 0 Å². The number of anilines is 1. The van der Waals surface area contributed by atoms with Crippen LogP contribution in [0.1, 0.15) is 11.5 Å². The van der Waals surface area contributed by atoms with Gasteiger partial charge in [0, 0.05) is 12.2 Å². The molecule has 1 aliphatic rings. The van der Waals surface area contributed by atoms with Gasteiger partial charge in [-0.1, -0.05) is 6.07 Å². The van der Waals surface area contributed by atoms with Gasteiger partial charge >= 0.3 is 0 Å². The summed E-state index contributed by atoms with van der Waals surface area (Å²) >= 11 is 0. The number of halogens is 1. The fourth-order valence-corrected chi connectivity index (χ4v) is 1.42. The molecular formula is C9H7FN2. The lowest BCUT2D eigenvalue weighted by atomic mass is 10.0. The van der Waals surface area contributed by atoms with E-state index >= 15 is 0 Å². The molecule has 3 heteroatoms. The van der Waals surface area contributed by atoms with Gasteiger partial charge in [0.15, 0.2) is 0 Å². The smallest absolute Gasteiger partial charge is 0.125 e. The van der Waals surface area contributed by atoms with Crippen LogP contribution < -0.4 is 5.32 Å². The summed E-state index contributed by atoms with van der Waals surface area (Å²) in [6, 6.07) is 6.63. The number of nitrogens with zero attached hydrogens (tertiary/aromatic N) is 1. The van der Waals surface area contributed by atoms with E-state index in [1.807, 2.05) is 0 Å². The third kappa shape index (κ3) is 0.928. The Balaban J connectivity index is 2.49. The number of nitriles is 1. The van der Waals surface area contributed by atoms with Gasteiger partial charge in [-0.05, 0) is 17.7 Å². The van der Waals surface area contributed by atoms with Crippen molar-refractivity contribution in [1.29, 1.82) is 5.26 Å². The fourth-order valence-electron chi connectivity index (χ4n) is 1.42. The lowest BCUT2D eigenvalue weighted by Crippen LogP contribution is -1.97. The Morgan fingerprint density at radius 1 is 1.58 bits per heavy atom. The second-order valence-electron chi connectivity index (χ2n) is 2.79. The van der Waals surface area contributed by atoms with Crippen LogP contribution >= 0.6 is 0 Å². The maximum Gasteiger partial charge on any atom is 0.125 e. The van der Waals surface area contributed by atoms with E-state index in [0.29, 0.717) is 6.54 Å². The average molecular weight is 162 g/mol. The first-order chi connectivity index (χ1) is 5.81. The van der Waals surface area contributed by atoms with Crippen LogP contribution in [0.25, 0.3) is 0 Å². The number of rotatable bonds is 0. The Hall–Kier alpha value is -1.56. The predicted octanol–water partition coefficient (Wildman–Crippen LogP) is 1.86. The first kappa shape index (κ1) is 7.11. The summed E-state index contributed by atoms with van der Waals surface area (Å²) in [5, 5.41) is 11.7. The zero-order valence-electron chi connectivity index (χ0n) is 6.34. The van der Waals surface area contributed by atoms with Crippen LogP contribution in [0.2, 0.25) is 0 Å². The summed E-state index contributed by atoms with van der Waals surface area (Å²) < 4.78 is 12.7. The molecular weight excluding hydrogens is 155 g/mol. The Kier molecular flexibility index (Phi) is 1.47. The molecule has 0 amide bonds. The van der Waals surface area contributed by atoms with Crippen molar-refractivity contribution in [3.63, 3.8) is 0 Å². The van der Waals surface area contributed by atoms with E-state index in [2.05, 4.69) is 11.4 Å². The first-order valence-corrected chi connectivity index (χ1v) is 3.74. The minimum Gasteiger partial charge on any atom is -0.383 e. The van der Waals surface area contributed by atoms with Gasteiger partial charge < -0.3 is 5.32 Å². The second kappa shape index (κ2) is 2.49. The maximum absolute atomic E-state index is 12.7. The fraction of sp³-hybridized carbons (Fsp3) is 0.222. The highest BCUT2D eigenvalue weighted by molar-refractivity contribution is 5.59. The molecule has 0 aliphatic carbocycles. The standard InChI is InChI=1S/C9H7FN2/c10-7-1-2-8-6(4-11)5-12-9(8)3-7/h1-3,6,12H,5H2. The highest BCUT2D eigenvalue weighted by Gasteiger charge is 2.21. The number of hydrogen-bond acceptors (Lipinski definition) is 2. The number of benzene rings is 1. The van der Waals surface area contributed by atoms with Crippen LogP contribution in [0, 0.1) is 17.1 Å². The average Bonchev–Trinajstić information content (AvgIpc) is 2.46. The van der Waals surface area contributed by atoms with Gasteiger partial charge in [-0.2, -0.15) is 5.26 Å². The largest absolute Gasteiger partial charge is 0.383 e. The minimum atomic E-state index is -0.264. The van der Waals surface area contributed by atoms with Crippen molar-refractivity contribution in [2.75, 3.05) is 11.9 Å². The van der Waals surface area contributed by atoms with Gasteiger partial charge in [0.2, 0.25) is 0 Å². The monoisotopic (exact) mass is 162 g/mol. The SMILES string of the molecule is N#CC1CNc2cc(F)ccc21. The predicted molar refractivity (Wildman–Crippen MR) is 43.2 cm³/mol. The molecule has 2 nitrogen and oxygen atoms in total. The molecule has 2 rings (SSSR count). The second-order valence-corrected chi connectivity index (χ2v) is 2.79. The van der Waals surface area contributed by atoms with Crippen molar-refractivity contribution < 1.29 is 4.39 Å². The van der Waals surface area contributed by atoms with Gasteiger partial charge in [-0.15, -0.1) is 0 Å². The van der Waals surface area contributed by atoms with Crippen molar-refractivity contribution in [2.24, 2.45) is 0 Å². The molecule has 0 fully saturated rings. The lowest BCUT2D eigenvalue weighted by Gasteiger charge is -1.98. The third-order valence-corrected chi connectivity index (χ3v) is 2.04. The van der Waals surface area contributed by atoms with E-state index in [1.54, 1.807) is 6.07 Å². The number of hydrogen-bond donors (Lipinski definition) is 1. The zero-order valence-corrected chi connectivity index (χ0v) is 6.34. The van der Waals surface area contributed by atoms with Gasteiger partial charge in [-0.25, -0.2) is 4.39 Å². The molecule has 0 aromatic heterocycles. The molecule has 0 saturated carbocycles. The van der Waals surface area contributed by atoms with Crippen LogP contribution in [0.15, 0.2) is 18.2 Å². The van der Waals surface area contributed by atoms with Gasteiger partial charge in [0.1, 0.15) is 5.82 Å². The highest BCUT2D eigenvalue weighted by atomic mass is 19.1. The minimum absolute atomic E-state index is 0.124. The summed E-state index contributed by atoms with van der Waals surface area (Å²) in [5.74, 6) is -0.388. The molecule has 0 saturated heterocycles. The van der Waals surface area contributed by atoms with Crippen molar-refractivity contribution in [3.8, 4) is 6.07 Å². The quantitative estimate of drug-likeness (QED) is 0.632. The van der Waals surface area contributed by atoms with E-state index in [9.17, 15) is 4.39 Å². The molecule has 1 atom stereocenters. The Morgan fingerprint density at radius 3 is 3.17 bits per heavy atom. The van der Waals surface area contributed by atoms with Crippen LogP contribution in [-0.2, 0) is 0 Å². The summed E-state index contributed by atoms with van der Waals surface area (Å²) in [4.78, 5) is 0. The summed E-state index contributed by atoms with van der Waals surface area (Å²) in [7, 11) is 0. The summed E-state index contributed by atoms with van der Waals surface area (Å²) in [6.45, 7) is 0.593. The molecule has 1 aromatic rings. The van der Waals surface area contributed by atoms with Crippen LogP contribution in [0.3, 0.4) is 0 Å². The van der Waals surface area contributed by atoms with Crippen molar-refractivity contribution in [2.45, 2.75) is 5.92 Å². The third-order valence-electron chi connectivity index (χ3n) is 2.04. The van der Waals surface area contributed by atoms with E-state index in [0.717, 1.165) is 11.3 Å². The van der Waals surface area contributed by atoms with Gasteiger partial charge in [0.25, 0.3) is 0 Å².